The summed E-state index contributed by atoms with van der Waals surface area (Å²) in [6.45, 7) is 6.75. The lowest BCUT2D eigenvalue weighted by molar-refractivity contribution is -0.0122. The van der Waals surface area contributed by atoms with Crippen LogP contribution in [0, 0.1) is 6.92 Å². The number of amides is 1. The number of nitrogens with one attached hydrogen (secondary N) is 3. The third-order valence-corrected chi connectivity index (χ3v) is 7.10. The molecule has 214 valence electrons. The number of carbonyl (C=O) groups is 1. The van der Waals surface area contributed by atoms with Crippen LogP contribution in [-0.2, 0) is 4.74 Å². The maximum Gasteiger partial charge on any atom is 0.271 e. The predicted molar refractivity (Wildman–Crippen MR) is 152 cm³/mol. The van der Waals surface area contributed by atoms with E-state index in [0.717, 1.165) is 54.1 Å². The molecule has 0 aliphatic carbocycles. The van der Waals surface area contributed by atoms with Crippen molar-refractivity contribution in [1.29, 1.82) is 0 Å². The monoisotopic (exact) mass is 558 g/mol. The predicted octanol–water partition coefficient (Wildman–Crippen LogP) is 2.64. The Balaban J connectivity index is 1.17. The van der Waals surface area contributed by atoms with Crippen LogP contribution in [0.4, 0.5) is 11.6 Å². The highest BCUT2D eigenvalue weighted by molar-refractivity contribution is 5.92. The maximum absolute atomic E-state index is 12.2. The average molecular weight is 559 g/mol. The summed E-state index contributed by atoms with van der Waals surface area (Å²) >= 11 is 0. The SMILES string of the molecule is Cc1cc(-c2ccn3nc(Nc4cnc(C(=O)NCC(C)(C)O)cn4)cc3c2)c(O[C@H]2C[C@H]3COC[C@@H](C2)N3)cn1. The van der Waals surface area contributed by atoms with Crippen molar-refractivity contribution in [3.63, 3.8) is 0 Å². The van der Waals surface area contributed by atoms with Crippen LogP contribution in [0.25, 0.3) is 16.6 Å². The number of hydrogen-bond acceptors (Lipinski definition) is 10. The normalized spacial score (nSPS) is 20.5. The summed E-state index contributed by atoms with van der Waals surface area (Å²) in [4.78, 5) is 25.2. The lowest BCUT2D eigenvalue weighted by atomic mass is 9.94. The van der Waals surface area contributed by atoms with Gasteiger partial charge in [-0.3, -0.25) is 9.78 Å². The number of nitrogens with zero attached hydrogens (tertiary/aromatic N) is 5. The summed E-state index contributed by atoms with van der Waals surface area (Å²) in [6, 6.07) is 8.68. The number of fused-ring (bicyclic) bond motifs is 3. The molecule has 2 saturated heterocycles. The second-order valence-electron chi connectivity index (χ2n) is 11.4. The second-order valence-corrected chi connectivity index (χ2v) is 11.4. The Morgan fingerprint density at radius 2 is 1.93 bits per heavy atom. The van der Waals surface area contributed by atoms with Crippen molar-refractivity contribution in [1.82, 2.24) is 35.2 Å². The molecule has 2 aliphatic rings. The van der Waals surface area contributed by atoms with Gasteiger partial charge in [0.1, 0.15) is 23.4 Å². The van der Waals surface area contributed by atoms with Gasteiger partial charge < -0.3 is 30.5 Å². The largest absolute Gasteiger partial charge is 0.488 e. The van der Waals surface area contributed by atoms with Gasteiger partial charge in [0.05, 0.1) is 42.9 Å². The van der Waals surface area contributed by atoms with Gasteiger partial charge in [0.2, 0.25) is 0 Å². The molecule has 2 aliphatic heterocycles. The Kier molecular flexibility index (Phi) is 7.28. The molecular weight excluding hydrogens is 524 g/mol. The molecule has 0 saturated carbocycles. The standard InChI is InChI=1S/C29H34N8O4/c1-17-6-23(25(12-30-17)41-22-8-19-14-40-15-20(9-22)34-19)18-4-5-37-21(7-18)10-26(36-37)35-27-13-31-24(11-32-27)28(38)33-16-29(2,3)39/h4-7,10-13,19-20,22,34,39H,8-9,14-16H2,1-3H3,(H,33,38)(H,32,35,36)/t19-,20+,22-. The molecule has 12 nitrogen and oxygen atoms in total. The minimum Gasteiger partial charge on any atom is -0.488 e. The number of anilines is 2. The number of piperidine rings is 1. The van der Waals surface area contributed by atoms with E-state index in [9.17, 15) is 9.90 Å². The Morgan fingerprint density at radius 1 is 1.12 bits per heavy atom. The molecule has 41 heavy (non-hydrogen) atoms. The fourth-order valence-electron chi connectivity index (χ4n) is 5.18. The van der Waals surface area contributed by atoms with Gasteiger partial charge in [-0.25, -0.2) is 14.5 Å². The molecule has 4 aromatic rings. The number of rotatable bonds is 8. The van der Waals surface area contributed by atoms with Crippen LogP contribution in [-0.4, -0.2) is 79.1 Å². The van der Waals surface area contributed by atoms with Crippen LogP contribution in [0.5, 0.6) is 5.75 Å². The number of ether oxygens (including phenoxy) is 2. The van der Waals surface area contributed by atoms with Crippen LogP contribution in [0.1, 0.15) is 42.9 Å². The van der Waals surface area contributed by atoms with Crippen LogP contribution in [0.3, 0.4) is 0 Å². The van der Waals surface area contributed by atoms with Gasteiger partial charge in [0, 0.05) is 55.0 Å². The minimum atomic E-state index is -1.01. The zero-order valence-corrected chi connectivity index (χ0v) is 23.3. The van der Waals surface area contributed by atoms with E-state index in [-0.39, 0.29) is 18.3 Å². The lowest BCUT2D eigenvalue weighted by Crippen LogP contribution is -2.56. The molecule has 4 aromatic heterocycles. The van der Waals surface area contributed by atoms with E-state index >= 15 is 0 Å². The summed E-state index contributed by atoms with van der Waals surface area (Å²) < 4.78 is 14.0. The quantitative estimate of drug-likeness (QED) is 0.254. The highest BCUT2D eigenvalue weighted by Gasteiger charge is 2.33. The molecule has 0 spiro atoms. The van der Waals surface area contributed by atoms with Gasteiger partial charge in [-0.1, -0.05) is 0 Å². The molecule has 2 fully saturated rings. The van der Waals surface area contributed by atoms with Crippen molar-refractivity contribution < 1.29 is 19.4 Å². The maximum atomic E-state index is 12.2. The first-order valence-electron chi connectivity index (χ1n) is 13.7. The van der Waals surface area contributed by atoms with Crippen molar-refractivity contribution in [3.05, 3.63) is 60.4 Å². The fourth-order valence-corrected chi connectivity index (χ4v) is 5.18. The second kappa shape index (κ2) is 11.0. The van der Waals surface area contributed by atoms with Gasteiger partial charge in [-0.05, 0) is 44.5 Å². The summed E-state index contributed by atoms with van der Waals surface area (Å²) in [5.74, 6) is 1.40. The summed E-state index contributed by atoms with van der Waals surface area (Å²) in [7, 11) is 0. The van der Waals surface area contributed by atoms with Crippen molar-refractivity contribution in [3.8, 4) is 16.9 Å². The number of hydrogen-bond donors (Lipinski definition) is 4. The van der Waals surface area contributed by atoms with Crippen molar-refractivity contribution >= 4 is 23.1 Å². The first kappa shape index (κ1) is 27.1. The van der Waals surface area contributed by atoms with Crippen molar-refractivity contribution in [2.24, 2.45) is 0 Å². The van der Waals surface area contributed by atoms with Gasteiger partial charge in [0.15, 0.2) is 5.82 Å². The minimum absolute atomic E-state index is 0.105. The fraction of sp³-hybridized carbons (Fsp3) is 0.414. The van der Waals surface area contributed by atoms with E-state index in [0.29, 0.717) is 23.7 Å². The third kappa shape index (κ3) is 6.45. The van der Waals surface area contributed by atoms with Gasteiger partial charge in [0.25, 0.3) is 5.91 Å². The molecule has 0 unspecified atom stereocenters. The Bertz CT molecular complexity index is 1540. The molecule has 3 atom stereocenters. The molecule has 6 heterocycles. The Hall–Kier alpha value is -4.13. The molecule has 4 N–H and O–H groups in total. The molecule has 2 bridgehead atoms. The number of morpholine rings is 1. The lowest BCUT2D eigenvalue weighted by Gasteiger charge is -2.40. The van der Waals surface area contributed by atoms with Crippen LogP contribution in [0.15, 0.2) is 49.1 Å². The zero-order chi connectivity index (χ0) is 28.6. The Morgan fingerprint density at radius 3 is 2.66 bits per heavy atom. The summed E-state index contributed by atoms with van der Waals surface area (Å²) in [5.41, 5.74) is 2.93. The summed E-state index contributed by atoms with van der Waals surface area (Å²) in [6.07, 6.45) is 8.48. The number of aliphatic hydroxyl groups is 1. The van der Waals surface area contributed by atoms with E-state index in [1.807, 2.05) is 31.5 Å². The topological polar surface area (TPSA) is 148 Å². The van der Waals surface area contributed by atoms with Crippen molar-refractivity contribution in [2.45, 2.75) is 57.4 Å². The summed E-state index contributed by atoms with van der Waals surface area (Å²) in [5, 5.41) is 23.8. The third-order valence-electron chi connectivity index (χ3n) is 7.10. The molecule has 6 rings (SSSR count). The highest BCUT2D eigenvalue weighted by atomic mass is 16.5. The average Bonchev–Trinajstić information content (AvgIpc) is 3.34. The molecule has 1 amide bonds. The van der Waals surface area contributed by atoms with E-state index in [1.165, 1.54) is 12.4 Å². The van der Waals surface area contributed by atoms with E-state index in [4.69, 9.17) is 9.47 Å². The van der Waals surface area contributed by atoms with Crippen LogP contribution in [0.2, 0.25) is 0 Å². The van der Waals surface area contributed by atoms with E-state index < -0.39 is 11.5 Å². The van der Waals surface area contributed by atoms with Gasteiger partial charge >= 0.3 is 0 Å². The van der Waals surface area contributed by atoms with E-state index in [1.54, 1.807) is 18.4 Å². The first-order chi connectivity index (χ1) is 19.7. The van der Waals surface area contributed by atoms with Crippen LogP contribution >= 0.6 is 0 Å². The van der Waals surface area contributed by atoms with E-state index in [2.05, 4.69) is 48.1 Å². The molecule has 12 heteroatoms. The number of aryl methyl sites for hydroxylation is 1. The zero-order valence-electron chi connectivity index (χ0n) is 23.3. The number of aromatic nitrogens is 5. The highest BCUT2D eigenvalue weighted by Crippen LogP contribution is 2.34. The van der Waals surface area contributed by atoms with Gasteiger partial charge in [-0.15, -0.1) is 0 Å². The van der Waals surface area contributed by atoms with Gasteiger partial charge in [-0.2, -0.15) is 5.10 Å². The van der Waals surface area contributed by atoms with Crippen molar-refractivity contribution in [2.75, 3.05) is 25.1 Å². The first-order valence-corrected chi connectivity index (χ1v) is 13.7. The Labute approximate surface area is 237 Å². The molecular formula is C29H34N8O4. The molecule has 0 aromatic carbocycles. The number of carbonyl (C=O) groups excluding carboxylic acids is 1. The number of pyridine rings is 2. The smallest absolute Gasteiger partial charge is 0.271 e. The van der Waals surface area contributed by atoms with Crippen LogP contribution < -0.4 is 20.7 Å². The molecule has 0 radical (unpaired) electrons.